The van der Waals surface area contributed by atoms with Crippen LogP contribution in [-0.2, 0) is 9.59 Å². The fourth-order valence-electron chi connectivity index (χ4n) is 2.63. The van der Waals surface area contributed by atoms with E-state index in [0.717, 1.165) is 12.0 Å². The van der Waals surface area contributed by atoms with Crippen molar-refractivity contribution in [1.29, 1.82) is 0 Å². The Morgan fingerprint density at radius 3 is 2.90 bits per heavy atom. The quantitative estimate of drug-likeness (QED) is 0.920. The van der Waals surface area contributed by atoms with Crippen LogP contribution in [-0.4, -0.2) is 34.5 Å². The van der Waals surface area contributed by atoms with Gasteiger partial charge in [-0.25, -0.2) is 9.18 Å². The zero-order chi connectivity index (χ0) is 14.7. The number of carbonyl (C=O) groups is 2. The molecule has 0 aromatic heterocycles. The molecule has 2 rings (SSSR count). The van der Waals surface area contributed by atoms with E-state index in [1.165, 1.54) is 17.0 Å². The van der Waals surface area contributed by atoms with Gasteiger partial charge in [-0.3, -0.25) is 4.79 Å². The van der Waals surface area contributed by atoms with Crippen molar-refractivity contribution in [2.75, 3.05) is 6.54 Å². The monoisotopic (exact) mass is 279 g/mol. The van der Waals surface area contributed by atoms with Crippen LogP contribution in [0.1, 0.15) is 37.7 Å². The second-order valence-electron chi connectivity index (χ2n) is 5.24. The minimum Gasteiger partial charge on any atom is -0.480 e. The highest BCUT2D eigenvalue weighted by Crippen LogP contribution is 2.24. The molecule has 0 aliphatic carbocycles. The third-order valence-corrected chi connectivity index (χ3v) is 3.76. The lowest BCUT2D eigenvalue weighted by Gasteiger charge is -2.23. The van der Waals surface area contributed by atoms with E-state index in [1.54, 1.807) is 12.1 Å². The molecule has 20 heavy (non-hydrogen) atoms. The summed E-state index contributed by atoms with van der Waals surface area (Å²) in [5.74, 6) is -1.58. The van der Waals surface area contributed by atoms with Crippen LogP contribution in [0.15, 0.2) is 24.3 Å². The minimum atomic E-state index is -0.950. The molecule has 1 aliphatic heterocycles. The van der Waals surface area contributed by atoms with Gasteiger partial charge in [0.2, 0.25) is 5.91 Å². The van der Waals surface area contributed by atoms with Crippen molar-refractivity contribution in [2.24, 2.45) is 0 Å². The highest BCUT2D eigenvalue weighted by Gasteiger charge is 2.34. The van der Waals surface area contributed by atoms with Gasteiger partial charge in [0.25, 0.3) is 0 Å². The first kappa shape index (κ1) is 14.5. The molecule has 1 saturated heterocycles. The molecular weight excluding hydrogens is 261 g/mol. The third kappa shape index (κ3) is 3.15. The van der Waals surface area contributed by atoms with Gasteiger partial charge in [0.05, 0.1) is 0 Å². The van der Waals surface area contributed by atoms with Crippen molar-refractivity contribution in [3.63, 3.8) is 0 Å². The Hall–Kier alpha value is -1.91. The first-order valence-electron chi connectivity index (χ1n) is 6.76. The van der Waals surface area contributed by atoms with E-state index in [2.05, 4.69) is 0 Å². The van der Waals surface area contributed by atoms with Gasteiger partial charge < -0.3 is 10.0 Å². The molecule has 5 heteroatoms. The molecule has 1 aromatic rings. The molecule has 1 amide bonds. The summed E-state index contributed by atoms with van der Waals surface area (Å²) in [5.41, 5.74) is 0.754. The van der Waals surface area contributed by atoms with Gasteiger partial charge in [-0.15, -0.1) is 0 Å². The molecule has 0 spiro atoms. The number of carboxylic acid groups (broad SMARTS) is 1. The van der Waals surface area contributed by atoms with Crippen LogP contribution >= 0.6 is 0 Å². The molecular formula is C15H18FNO3. The topological polar surface area (TPSA) is 57.6 Å². The van der Waals surface area contributed by atoms with Crippen molar-refractivity contribution in [3.05, 3.63) is 35.6 Å². The third-order valence-electron chi connectivity index (χ3n) is 3.76. The zero-order valence-electron chi connectivity index (χ0n) is 11.4. The van der Waals surface area contributed by atoms with Crippen molar-refractivity contribution in [1.82, 2.24) is 4.90 Å². The smallest absolute Gasteiger partial charge is 0.326 e. The van der Waals surface area contributed by atoms with E-state index < -0.39 is 12.0 Å². The second kappa shape index (κ2) is 6.03. The number of carboxylic acids is 1. The van der Waals surface area contributed by atoms with E-state index in [-0.39, 0.29) is 24.1 Å². The molecule has 0 radical (unpaired) electrons. The van der Waals surface area contributed by atoms with Crippen LogP contribution in [0.4, 0.5) is 4.39 Å². The summed E-state index contributed by atoms with van der Waals surface area (Å²) in [6, 6.07) is 5.46. The van der Waals surface area contributed by atoms with Crippen LogP contribution < -0.4 is 0 Å². The van der Waals surface area contributed by atoms with Crippen LogP contribution in [0.2, 0.25) is 0 Å². The predicted octanol–water partition coefficient (Wildman–Crippen LogP) is 2.39. The summed E-state index contributed by atoms with van der Waals surface area (Å²) in [6.07, 6.45) is 1.43. The number of amides is 1. The second-order valence-corrected chi connectivity index (χ2v) is 5.24. The normalized spacial score (nSPS) is 19.9. The van der Waals surface area contributed by atoms with Crippen LogP contribution in [0, 0.1) is 5.82 Å². The average molecular weight is 279 g/mol. The van der Waals surface area contributed by atoms with Crippen molar-refractivity contribution >= 4 is 11.9 Å². The van der Waals surface area contributed by atoms with Crippen molar-refractivity contribution in [2.45, 2.75) is 38.1 Å². The number of likely N-dealkylation sites (tertiary alicyclic amines) is 1. The summed E-state index contributed by atoms with van der Waals surface area (Å²) < 4.78 is 13.2. The van der Waals surface area contributed by atoms with Crippen molar-refractivity contribution in [3.8, 4) is 0 Å². The molecule has 1 fully saturated rings. The van der Waals surface area contributed by atoms with Gasteiger partial charge in [-0.05, 0) is 36.5 Å². The minimum absolute atomic E-state index is 0.131. The first-order chi connectivity index (χ1) is 9.49. The van der Waals surface area contributed by atoms with Gasteiger partial charge >= 0.3 is 5.97 Å². The van der Waals surface area contributed by atoms with Crippen molar-refractivity contribution < 1.29 is 19.1 Å². The first-order valence-corrected chi connectivity index (χ1v) is 6.76. The Morgan fingerprint density at radius 2 is 2.25 bits per heavy atom. The van der Waals surface area contributed by atoms with Gasteiger partial charge in [-0.1, -0.05) is 19.1 Å². The van der Waals surface area contributed by atoms with E-state index in [1.807, 2.05) is 6.92 Å². The molecule has 108 valence electrons. The molecule has 2 atom stereocenters. The van der Waals surface area contributed by atoms with Gasteiger partial charge in [0.15, 0.2) is 0 Å². The number of aliphatic carboxylic acids is 1. The standard InChI is InChI=1S/C15H18FNO3/c1-10(11-4-2-5-12(16)9-11)8-14(18)17-7-3-6-13(17)15(19)20/h2,4-5,9-10,13H,3,6-8H2,1H3,(H,19,20)/t10-,13-/m1/s1. The van der Waals surface area contributed by atoms with E-state index in [0.29, 0.717) is 13.0 Å². The van der Waals surface area contributed by atoms with Crippen LogP contribution in [0.5, 0.6) is 0 Å². The molecule has 4 nitrogen and oxygen atoms in total. The fourth-order valence-corrected chi connectivity index (χ4v) is 2.63. The Kier molecular flexibility index (Phi) is 4.37. The lowest BCUT2D eigenvalue weighted by Crippen LogP contribution is -2.40. The number of rotatable bonds is 4. The maximum atomic E-state index is 13.2. The summed E-state index contributed by atoms with van der Waals surface area (Å²) in [5, 5.41) is 9.08. The molecule has 0 saturated carbocycles. The van der Waals surface area contributed by atoms with E-state index in [9.17, 15) is 14.0 Å². The highest BCUT2D eigenvalue weighted by molar-refractivity contribution is 5.84. The number of carbonyl (C=O) groups excluding carboxylic acids is 1. The summed E-state index contributed by atoms with van der Waals surface area (Å²) in [7, 11) is 0. The highest BCUT2D eigenvalue weighted by atomic mass is 19.1. The van der Waals surface area contributed by atoms with E-state index in [4.69, 9.17) is 5.11 Å². The lowest BCUT2D eigenvalue weighted by molar-refractivity contribution is -0.148. The SMILES string of the molecule is C[C@H](CC(=O)N1CCC[C@@H]1C(=O)O)c1cccc(F)c1. The molecule has 0 unspecified atom stereocenters. The number of nitrogens with zero attached hydrogens (tertiary/aromatic N) is 1. The maximum absolute atomic E-state index is 13.2. The number of hydrogen-bond donors (Lipinski definition) is 1. The molecule has 1 N–H and O–H groups in total. The van der Waals surface area contributed by atoms with Gasteiger partial charge in [0.1, 0.15) is 11.9 Å². The van der Waals surface area contributed by atoms with Crippen LogP contribution in [0.25, 0.3) is 0 Å². The Labute approximate surface area is 117 Å². The van der Waals surface area contributed by atoms with Crippen LogP contribution in [0.3, 0.4) is 0 Å². The molecule has 1 heterocycles. The van der Waals surface area contributed by atoms with Gasteiger partial charge in [0, 0.05) is 13.0 Å². The Balaban J connectivity index is 2.02. The summed E-state index contributed by atoms with van der Waals surface area (Å²) >= 11 is 0. The maximum Gasteiger partial charge on any atom is 0.326 e. The van der Waals surface area contributed by atoms with E-state index >= 15 is 0 Å². The summed E-state index contributed by atoms with van der Waals surface area (Å²) in [6.45, 7) is 2.34. The zero-order valence-corrected chi connectivity index (χ0v) is 11.4. The average Bonchev–Trinajstić information content (AvgIpc) is 2.88. The molecule has 1 aliphatic rings. The molecule has 0 bridgehead atoms. The number of hydrogen-bond acceptors (Lipinski definition) is 2. The number of halogens is 1. The Morgan fingerprint density at radius 1 is 1.50 bits per heavy atom. The predicted molar refractivity (Wildman–Crippen MR) is 71.8 cm³/mol. The largest absolute Gasteiger partial charge is 0.480 e. The summed E-state index contributed by atoms with van der Waals surface area (Å²) in [4.78, 5) is 24.7. The number of benzene rings is 1. The lowest BCUT2D eigenvalue weighted by atomic mass is 9.97. The molecule has 1 aromatic carbocycles. The van der Waals surface area contributed by atoms with Gasteiger partial charge in [-0.2, -0.15) is 0 Å². The Bertz CT molecular complexity index is 518. The fraction of sp³-hybridized carbons (Fsp3) is 0.467.